The van der Waals surface area contributed by atoms with Gasteiger partial charge in [0.1, 0.15) is 0 Å². The number of anilines is 1. The van der Waals surface area contributed by atoms with Crippen molar-refractivity contribution in [2.45, 2.75) is 51.0 Å². The molecule has 0 radical (unpaired) electrons. The topological polar surface area (TPSA) is 66.5 Å². The van der Waals surface area contributed by atoms with Gasteiger partial charge in [-0.3, -0.25) is 9.10 Å². The fourth-order valence-corrected chi connectivity index (χ4v) is 4.04. The van der Waals surface area contributed by atoms with Gasteiger partial charge in [0.15, 0.2) is 0 Å². The molecule has 6 heteroatoms. The van der Waals surface area contributed by atoms with E-state index < -0.39 is 10.0 Å². The summed E-state index contributed by atoms with van der Waals surface area (Å²) in [5.74, 6) is -0.0238. The van der Waals surface area contributed by atoms with Crippen LogP contribution in [0.1, 0.15) is 37.8 Å². The number of hydrogen-bond acceptors (Lipinski definition) is 3. The zero-order valence-corrected chi connectivity index (χ0v) is 17.2. The van der Waals surface area contributed by atoms with Gasteiger partial charge in [0, 0.05) is 13.1 Å². The van der Waals surface area contributed by atoms with Gasteiger partial charge in [-0.2, -0.15) is 0 Å². The Hall–Kier alpha value is -2.34. The molecule has 1 amide bonds. The lowest BCUT2D eigenvalue weighted by atomic mass is 10.1. The SMILES string of the molecule is CCC[C@H](C)NC(=O)Cc1ccc(N(C)S(=O)(=O)c2ccc(C)cc2)cc1. The van der Waals surface area contributed by atoms with Crippen molar-refractivity contribution in [3.8, 4) is 0 Å². The average Bonchev–Trinajstić information content (AvgIpc) is 2.62. The second-order valence-corrected chi connectivity index (χ2v) is 8.86. The summed E-state index contributed by atoms with van der Waals surface area (Å²) in [6.45, 7) is 6.00. The Balaban J connectivity index is 2.07. The third kappa shape index (κ3) is 5.57. The number of carbonyl (C=O) groups excluding carboxylic acids is 1. The Kier molecular flexibility index (Phi) is 7.02. The highest BCUT2D eigenvalue weighted by Gasteiger charge is 2.21. The van der Waals surface area contributed by atoms with E-state index in [1.54, 1.807) is 48.5 Å². The minimum absolute atomic E-state index is 0.0238. The molecule has 5 nitrogen and oxygen atoms in total. The monoisotopic (exact) mass is 388 g/mol. The van der Waals surface area contributed by atoms with Gasteiger partial charge in [-0.1, -0.05) is 43.2 Å². The summed E-state index contributed by atoms with van der Waals surface area (Å²) in [5.41, 5.74) is 2.41. The highest BCUT2D eigenvalue weighted by atomic mass is 32.2. The number of sulfonamides is 1. The molecule has 0 saturated heterocycles. The molecule has 1 N–H and O–H groups in total. The van der Waals surface area contributed by atoms with Crippen LogP contribution in [-0.2, 0) is 21.2 Å². The van der Waals surface area contributed by atoms with E-state index >= 15 is 0 Å². The number of aryl methyl sites for hydroxylation is 1. The van der Waals surface area contributed by atoms with Crippen LogP contribution in [0.3, 0.4) is 0 Å². The van der Waals surface area contributed by atoms with Crippen LogP contribution in [0.15, 0.2) is 53.4 Å². The van der Waals surface area contributed by atoms with Gasteiger partial charge in [0.05, 0.1) is 17.0 Å². The highest BCUT2D eigenvalue weighted by molar-refractivity contribution is 7.92. The van der Waals surface area contributed by atoms with Crippen LogP contribution >= 0.6 is 0 Å². The Labute approximate surface area is 162 Å². The summed E-state index contributed by atoms with van der Waals surface area (Å²) in [5, 5.41) is 2.97. The molecule has 2 aromatic carbocycles. The number of carbonyl (C=O) groups is 1. The van der Waals surface area contributed by atoms with Crippen molar-refractivity contribution in [1.82, 2.24) is 5.32 Å². The van der Waals surface area contributed by atoms with Crippen molar-refractivity contribution in [1.29, 1.82) is 0 Å². The van der Waals surface area contributed by atoms with E-state index in [-0.39, 0.29) is 23.3 Å². The van der Waals surface area contributed by atoms with Gasteiger partial charge in [0.25, 0.3) is 10.0 Å². The van der Waals surface area contributed by atoms with Crippen molar-refractivity contribution < 1.29 is 13.2 Å². The third-order valence-corrected chi connectivity index (χ3v) is 6.27. The Bertz CT molecular complexity index is 859. The molecule has 0 spiro atoms. The summed E-state index contributed by atoms with van der Waals surface area (Å²) in [4.78, 5) is 12.3. The molecule has 0 saturated carbocycles. The van der Waals surface area contributed by atoms with Gasteiger partial charge in [-0.25, -0.2) is 8.42 Å². The molecule has 27 heavy (non-hydrogen) atoms. The van der Waals surface area contributed by atoms with Crippen molar-refractivity contribution >= 4 is 21.6 Å². The first kappa shape index (κ1) is 21.0. The van der Waals surface area contributed by atoms with Crippen LogP contribution in [0.4, 0.5) is 5.69 Å². The molecule has 146 valence electrons. The van der Waals surface area contributed by atoms with E-state index in [4.69, 9.17) is 0 Å². The van der Waals surface area contributed by atoms with E-state index in [0.29, 0.717) is 5.69 Å². The zero-order chi connectivity index (χ0) is 20.0. The standard InChI is InChI=1S/C21H28N2O3S/c1-5-6-17(3)22-21(24)15-18-9-11-19(12-10-18)23(4)27(25,26)20-13-7-16(2)8-14-20/h7-14,17H,5-6,15H2,1-4H3,(H,22,24)/t17-/m0/s1. The minimum atomic E-state index is -3.61. The van der Waals surface area contributed by atoms with Gasteiger partial charge in [0.2, 0.25) is 5.91 Å². The number of amides is 1. The Morgan fingerprint density at radius 2 is 1.67 bits per heavy atom. The van der Waals surface area contributed by atoms with Crippen molar-refractivity contribution in [3.05, 3.63) is 59.7 Å². The molecule has 0 aliphatic heterocycles. The molecule has 0 aromatic heterocycles. The Morgan fingerprint density at radius 1 is 1.07 bits per heavy atom. The summed E-state index contributed by atoms with van der Waals surface area (Å²) in [6.07, 6.45) is 2.26. The summed E-state index contributed by atoms with van der Waals surface area (Å²) >= 11 is 0. The summed E-state index contributed by atoms with van der Waals surface area (Å²) < 4.78 is 26.8. The first-order chi connectivity index (χ1) is 12.7. The second-order valence-electron chi connectivity index (χ2n) is 6.89. The molecule has 1 atom stereocenters. The molecule has 0 aliphatic carbocycles. The van der Waals surface area contributed by atoms with Crippen LogP contribution in [0.25, 0.3) is 0 Å². The van der Waals surface area contributed by atoms with Gasteiger partial charge < -0.3 is 5.32 Å². The number of nitrogens with zero attached hydrogens (tertiary/aromatic N) is 1. The predicted octanol–water partition coefficient (Wildman–Crippen LogP) is 3.67. The summed E-state index contributed by atoms with van der Waals surface area (Å²) in [6, 6.07) is 14.0. The molecule has 0 fully saturated rings. The maximum Gasteiger partial charge on any atom is 0.264 e. The fraction of sp³-hybridized carbons (Fsp3) is 0.381. The van der Waals surface area contributed by atoms with Crippen molar-refractivity contribution in [2.75, 3.05) is 11.4 Å². The average molecular weight is 389 g/mol. The molecule has 0 bridgehead atoms. The lowest BCUT2D eigenvalue weighted by Gasteiger charge is -2.20. The lowest BCUT2D eigenvalue weighted by Crippen LogP contribution is -2.33. The maximum atomic E-state index is 12.8. The number of hydrogen-bond donors (Lipinski definition) is 1. The molecular formula is C21H28N2O3S. The molecule has 2 rings (SSSR count). The van der Waals surface area contributed by atoms with E-state index in [0.717, 1.165) is 24.0 Å². The smallest absolute Gasteiger partial charge is 0.264 e. The first-order valence-corrected chi connectivity index (χ1v) is 10.6. The van der Waals surface area contributed by atoms with E-state index in [2.05, 4.69) is 12.2 Å². The summed E-state index contributed by atoms with van der Waals surface area (Å²) in [7, 11) is -2.08. The second kappa shape index (κ2) is 9.04. The molecule has 0 heterocycles. The Morgan fingerprint density at radius 3 is 2.22 bits per heavy atom. The van der Waals surface area contributed by atoms with Crippen molar-refractivity contribution in [3.63, 3.8) is 0 Å². The predicted molar refractivity (Wildman–Crippen MR) is 109 cm³/mol. The number of rotatable bonds is 8. The van der Waals surface area contributed by atoms with E-state index in [1.807, 2.05) is 13.8 Å². The van der Waals surface area contributed by atoms with Gasteiger partial charge in [-0.05, 0) is 50.1 Å². The lowest BCUT2D eigenvalue weighted by molar-refractivity contribution is -0.121. The molecule has 2 aromatic rings. The van der Waals surface area contributed by atoms with Crippen LogP contribution in [0, 0.1) is 6.92 Å². The zero-order valence-electron chi connectivity index (χ0n) is 16.4. The van der Waals surface area contributed by atoms with Crippen LogP contribution in [0.2, 0.25) is 0 Å². The minimum Gasteiger partial charge on any atom is -0.353 e. The molecule has 0 unspecified atom stereocenters. The number of nitrogens with one attached hydrogen (secondary N) is 1. The van der Waals surface area contributed by atoms with Crippen LogP contribution in [-0.4, -0.2) is 27.4 Å². The van der Waals surface area contributed by atoms with Gasteiger partial charge >= 0.3 is 0 Å². The molecule has 0 aliphatic rings. The largest absolute Gasteiger partial charge is 0.353 e. The van der Waals surface area contributed by atoms with Gasteiger partial charge in [-0.15, -0.1) is 0 Å². The maximum absolute atomic E-state index is 12.8. The van der Waals surface area contributed by atoms with E-state index in [1.165, 1.54) is 11.4 Å². The van der Waals surface area contributed by atoms with E-state index in [9.17, 15) is 13.2 Å². The quantitative estimate of drug-likeness (QED) is 0.750. The highest BCUT2D eigenvalue weighted by Crippen LogP contribution is 2.22. The first-order valence-electron chi connectivity index (χ1n) is 9.18. The fourth-order valence-electron chi connectivity index (χ4n) is 2.85. The number of benzene rings is 2. The van der Waals surface area contributed by atoms with Crippen LogP contribution < -0.4 is 9.62 Å². The molecular weight excluding hydrogens is 360 g/mol. The van der Waals surface area contributed by atoms with Crippen LogP contribution in [0.5, 0.6) is 0 Å². The normalized spacial score (nSPS) is 12.4. The van der Waals surface area contributed by atoms with Crippen molar-refractivity contribution in [2.24, 2.45) is 0 Å². The third-order valence-electron chi connectivity index (χ3n) is 4.47.